The minimum absolute atomic E-state index is 0.344. The van der Waals surface area contributed by atoms with Crippen LogP contribution in [0.5, 0.6) is 0 Å². The molecule has 0 heterocycles. The van der Waals surface area contributed by atoms with Crippen molar-refractivity contribution in [1.29, 1.82) is 0 Å². The standard InChI is InChI=1S/C13H16Cl2O2/c1-17-8-13(16,10-3-4-10)7-9-2-5-11(14)12(15)6-9/h2,5-6,10,16H,3-4,7-8H2,1H3. The van der Waals surface area contributed by atoms with Gasteiger partial charge in [0.1, 0.15) is 0 Å². The van der Waals surface area contributed by atoms with Crippen LogP contribution in [0, 0.1) is 5.92 Å². The first-order chi connectivity index (χ1) is 8.05. The molecule has 1 aromatic rings. The molecule has 2 rings (SSSR count). The van der Waals surface area contributed by atoms with Crippen LogP contribution in [0.4, 0.5) is 0 Å². The van der Waals surface area contributed by atoms with E-state index in [0.29, 0.717) is 29.0 Å². The third-order valence-corrected chi connectivity index (χ3v) is 3.96. The molecule has 1 N–H and O–H groups in total. The molecule has 1 fully saturated rings. The quantitative estimate of drug-likeness (QED) is 0.893. The van der Waals surface area contributed by atoms with Crippen molar-refractivity contribution in [1.82, 2.24) is 0 Å². The first-order valence-corrected chi connectivity index (χ1v) is 6.46. The van der Waals surface area contributed by atoms with Gasteiger partial charge in [0.05, 0.1) is 22.3 Å². The fraction of sp³-hybridized carbons (Fsp3) is 0.538. The van der Waals surface area contributed by atoms with Crippen molar-refractivity contribution in [2.24, 2.45) is 5.92 Å². The molecule has 1 aliphatic carbocycles. The molecule has 1 saturated carbocycles. The summed E-state index contributed by atoms with van der Waals surface area (Å²) in [5.74, 6) is 0.344. The molecule has 1 atom stereocenters. The van der Waals surface area contributed by atoms with Crippen LogP contribution < -0.4 is 0 Å². The van der Waals surface area contributed by atoms with Crippen LogP contribution in [0.25, 0.3) is 0 Å². The van der Waals surface area contributed by atoms with Gasteiger partial charge in [-0.2, -0.15) is 0 Å². The SMILES string of the molecule is COCC(O)(Cc1ccc(Cl)c(Cl)c1)C1CC1. The van der Waals surface area contributed by atoms with Crippen LogP contribution in [-0.4, -0.2) is 24.4 Å². The summed E-state index contributed by atoms with van der Waals surface area (Å²) in [6.07, 6.45) is 2.70. The van der Waals surface area contributed by atoms with E-state index in [9.17, 15) is 5.11 Å². The first kappa shape index (κ1) is 13.2. The lowest BCUT2D eigenvalue weighted by molar-refractivity contribution is -0.0474. The topological polar surface area (TPSA) is 29.5 Å². The number of aliphatic hydroxyl groups is 1. The van der Waals surface area contributed by atoms with Crippen molar-refractivity contribution in [3.8, 4) is 0 Å². The van der Waals surface area contributed by atoms with E-state index in [4.69, 9.17) is 27.9 Å². The van der Waals surface area contributed by atoms with Crippen LogP contribution in [0.2, 0.25) is 10.0 Å². The lowest BCUT2D eigenvalue weighted by atomic mass is 9.90. The number of halogens is 2. The van der Waals surface area contributed by atoms with Gasteiger partial charge in [-0.3, -0.25) is 0 Å². The normalized spacial score (nSPS) is 19.1. The molecule has 94 valence electrons. The Morgan fingerprint density at radius 1 is 1.35 bits per heavy atom. The van der Waals surface area contributed by atoms with Crippen LogP contribution in [0.15, 0.2) is 18.2 Å². The lowest BCUT2D eigenvalue weighted by Crippen LogP contribution is -2.39. The van der Waals surface area contributed by atoms with Crippen molar-refractivity contribution >= 4 is 23.2 Å². The molecule has 0 spiro atoms. The van der Waals surface area contributed by atoms with Crippen molar-refractivity contribution in [2.45, 2.75) is 24.9 Å². The third kappa shape index (κ3) is 3.14. The van der Waals surface area contributed by atoms with Gasteiger partial charge in [-0.1, -0.05) is 29.3 Å². The number of hydrogen-bond donors (Lipinski definition) is 1. The van der Waals surface area contributed by atoms with Crippen LogP contribution in [-0.2, 0) is 11.2 Å². The molecule has 1 aromatic carbocycles. The Morgan fingerprint density at radius 2 is 2.06 bits per heavy atom. The second kappa shape index (κ2) is 5.15. The van der Waals surface area contributed by atoms with Crippen LogP contribution in [0.1, 0.15) is 18.4 Å². The highest BCUT2D eigenvalue weighted by atomic mass is 35.5. The van der Waals surface area contributed by atoms with Crippen molar-refractivity contribution < 1.29 is 9.84 Å². The molecule has 0 aliphatic heterocycles. The first-order valence-electron chi connectivity index (χ1n) is 5.70. The fourth-order valence-corrected chi connectivity index (χ4v) is 2.51. The van der Waals surface area contributed by atoms with Gasteiger partial charge in [0, 0.05) is 13.5 Å². The molecule has 1 unspecified atom stereocenters. The maximum atomic E-state index is 10.6. The molecular formula is C13H16Cl2O2. The number of methoxy groups -OCH3 is 1. The summed E-state index contributed by atoms with van der Waals surface area (Å²) >= 11 is 11.8. The number of ether oxygens (including phenoxy) is 1. The van der Waals surface area contributed by atoms with Gasteiger partial charge in [0.2, 0.25) is 0 Å². The molecule has 17 heavy (non-hydrogen) atoms. The summed E-state index contributed by atoms with van der Waals surface area (Å²) < 4.78 is 5.13. The van der Waals surface area contributed by atoms with Gasteiger partial charge in [-0.25, -0.2) is 0 Å². The van der Waals surface area contributed by atoms with E-state index in [2.05, 4.69) is 0 Å². The van der Waals surface area contributed by atoms with Crippen molar-refractivity contribution in [2.75, 3.05) is 13.7 Å². The molecule has 0 radical (unpaired) electrons. The Morgan fingerprint density at radius 3 is 2.59 bits per heavy atom. The predicted octanol–water partition coefficient (Wildman–Crippen LogP) is 3.32. The van der Waals surface area contributed by atoms with Gasteiger partial charge in [-0.15, -0.1) is 0 Å². The smallest absolute Gasteiger partial charge is 0.0947 e. The lowest BCUT2D eigenvalue weighted by Gasteiger charge is -2.27. The van der Waals surface area contributed by atoms with Crippen LogP contribution in [0.3, 0.4) is 0 Å². The zero-order valence-electron chi connectivity index (χ0n) is 9.75. The summed E-state index contributed by atoms with van der Waals surface area (Å²) in [5, 5.41) is 11.6. The second-order valence-electron chi connectivity index (χ2n) is 4.74. The van der Waals surface area contributed by atoms with E-state index in [1.165, 1.54) is 0 Å². The van der Waals surface area contributed by atoms with E-state index in [-0.39, 0.29) is 0 Å². The summed E-state index contributed by atoms with van der Waals surface area (Å²) in [4.78, 5) is 0. The summed E-state index contributed by atoms with van der Waals surface area (Å²) in [6.45, 7) is 0.359. The maximum Gasteiger partial charge on any atom is 0.0947 e. The van der Waals surface area contributed by atoms with E-state index in [0.717, 1.165) is 18.4 Å². The number of rotatable bonds is 5. The molecule has 0 saturated heterocycles. The zero-order chi connectivity index (χ0) is 12.5. The number of benzene rings is 1. The highest BCUT2D eigenvalue weighted by Gasteiger charge is 2.43. The van der Waals surface area contributed by atoms with Gasteiger partial charge in [0.15, 0.2) is 0 Å². The minimum atomic E-state index is -0.772. The van der Waals surface area contributed by atoms with E-state index < -0.39 is 5.60 Å². The van der Waals surface area contributed by atoms with Crippen molar-refractivity contribution in [3.63, 3.8) is 0 Å². The highest BCUT2D eigenvalue weighted by Crippen LogP contribution is 2.42. The van der Waals surface area contributed by atoms with E-state index >= 15 is 0 Å². The molecule has 2 nitrogen and oxygen atoms in total. The van der Waals surface area contributed by atoms with Crippen LogP contribution >= 0.6 is 23.2 Å². The fourth-order valence-electron chi connectivity index (χ4n) is 2.19. The summed E-state index contributed by atoms with van der Waals surface area (Å²) in [5.41, 5.74) is 0.220. The Balaban J connectivity index is 2.14. The summed E-state index contributed by atoms with van der Waals surface area (Å²) in [6, 6.07) is 5.48. The molecule has 0 amide bonds. The summed E-state index contributed by atoms with van der Waals surface area (Å²) in [7, 11) is 1.61. The Bertz CT molecular complexity index is 404. The zero-order valence-corrected chi connectivity index (χ0v) is 11.3. The molecule has 0 aromatic heterocycles. The number of hydrogen-bond acceptors (Lipinski definition) is 2. The van der Waals surface area contributed by atoms with E-state index in [1.54, 1.807) is 13.2 Å². The monoisotopic (exact) mass is 274 g/mol. The maximum absolute atomic E-state index is 10.6. The molecule has 1 aliphatic rings. The highest BCUT2D eigenvalue weighted by molar-refractivity contribution is 6.42. The minimum Gasteiger partial charge on any atom is -0.387 e. The Hall–Kier alpha value is -0.280. The van der Waals surface area contributed by atoms with E-state index in [1.807, 2.05) is 12.1 Å². The molecular weight excluding hydrogens is 259 g/mol. The van der Waals surface area contributed by atoms with Gasteiger partial charge >= 0.3 is 0 Å². The average Bonchev–Trinajstić information content (AvgIpc) is 3.07. The second-order valence-corrected chi connectivity index (χ2v) is 5.55. The van der Waals surface area contributed by atoms with Gasteiger partial charge in [-0.05, 0) is 36.5 Å². The van der Waals surface area contributed by atoms with Gasteiger partial charge in [0.25, 0.3) is 0 Å². The van der Waals surface area contributed by atoms with Crippen molar-refractivity contribution in [3.05, 3.63) is 33.8 Å². The Kier molecular flexibility index (Phi) is 3.99. The Labute approximate surface area is 111 Å². The molecule has 0 bridgehead atoms. The predicted molar refractivity (Wildman–Crippen MR) is 69.7 cm³/mol. The van der Waals surface area contributed by atoms with Gasteiger partial charge < -0.3 is 9.84 Å². The molecule has 4 heteroatoms. The largest absolute Gasteiger partial charge is 0.387 e. The third-order valence-electron chi connectivity index (χ3n) is 3.23. The average molecular weight is 275 g/mol.